The van der Waals surface area contributed by atoms with E-state index < -0.39 is 86.8 Å². The molecule has 0 aromatic rings. The zero-order valence-corrected chi connectivity index (χ0v) is 50.9. The molecule has 0 aliphatic carbocycles. The Morgan fingerprint density at radius 1 is 0.405 bits per heavy atom. The van der Waals surface area contributed by atoms with E-state index in [0.29, 0.717) is 12.8 Å². The number of hydrogen-bond acceptors (Lipinski definition) is 13. The number of carbonyl (C=O) groups excluding carboxylic acids is 1. The lowest BCUT2D eigenvalue weighted by Gasteiger charge is -2.46. The molecule has 0 radical (unpaired) electrons. The largest absolute Gasteiger partial charge is 0.394 e. The average molecular weight is 1130 g/mol. The second-order valence-electron chi connectivity index (χ2n) is 24.3. The summed E-state index contributed by atoms with van der Waals surface area (Å²) in [4.78, 5) is 13.3. The lowest BCUT2D eigenvalue weighted by atomic mass is 9.97. The fourth-order valence-electron chi connectivity index (χ4n) is 11.7. The van der Waals surface area contributed by atoms with E-state index in [1.165, 1.54) is 238 Å². The summed E-state index contributed by atoms with van der Waals surface area (Å²) in [6, 6.07) is -0.823. The molecule has 79 heavy (non-hydrogen) atoms. The van der Waals surface area contributed by atoms with Crippen molar-refractivity contribution in [2.45, 2.75) is 389 Å². The molecule has 0 saturated carbocycles. The summed E-state index contributed by atoms with van der Waals surface area (Å²) in [5, 5.41) is 87.4. The van der Waals surface area contributed by atoms with E-state index in [9.17, 15) is 45.6 Å². The lowest BCUT2D eigenvalue weighted by Crippen LogP contribution is -2.65. The third-order valence-corrected chi connectivity index (χ3v) is 17.1. The number of ether oxygens (including phenoxy) is 4. The van der Waals surface area contributed by atoms with Gasteiger partial charge in [0.05, 0.1) is 32.0 Å². The molecule has 1 amide bonds. The Morgan fingerprint density at radius 2 is 0.722 bits per heavy atom. The minimum atomic E-state index is -1.78. The summed E-state index contributed by atoms with van der Waals surface area (Å²) in [5.74, 6) is -0.199. The van der Waals surface area contributed by atoms with Crippen molar-refractivity contribution in [1.82, 2.24) is 5.32 Å². The van der Waals surface area contributed by atoms with Crippen LogP contribution in [0, 0.1) is 0 Å². The molecule has 9 N–H and O–H groups in total. The third-order valence-electron chi connectivity index (χ3n) is 17.1. The van der Waals surface area contributed by atoms with Crippen molar-refractivity contribution < 1.29 is 64.6 Å². The molecule has 2 heterocycles. The normalized spacial score (nSPS) is 24.3. The van der Waals surface area contributed by atoms with Gasteiger partial charge >= 0.3 is 0 Å². The Labute approximate surface area is 483 Å². The molecule has 14 heteroatoms. The van der Waals surface area contributed by atoms with Crippen LogP contribution in [0.25, 0.3) is 0 Å². The van der Waals surface area contributed by atoms with Crippen LogP contribution in [0.1, 0.15) is 316 Å². The first kappa shape index (κ1) is 74.1. The van der Waals surface area contributed by atoms with Crippen LogP contribution >= 0.6 is 0 Å². The van der Waals surface area contributed by atoms with Gasteiger partial charge in [-0.1, -0.05) is 296 Å². The topological polar surface area (TPSA) is 228 Å². The van der Waals surface area contributed by atoms with Gasteiger partial charge in [-0.3, -0.25) is 4.79 Å². The molecule has 2 aliphatic rings. The van der Waals surface area contributed by atoms with E-state index in [2.05, 4.69) is 19.2 Å². The molecular weight excluding hydrogens is 1000 g/mol. The summed E-state index contributed by atoms with van der Waals surface area (Å²) in [6.45, 7) is 2.91. The molecular formula is C65H127NO13. The summed E-state index contributed by atoms with van der Waals surface area (Å²) in [5.41, 5.74) is 0. The minimum Gasteiger partial charge on any atom is -0.394 e. The molecule has 12 atom stereocenters. The van der Waals surface area contributed by atoms with Gasteiger partial charge in [-0.2, -0.15) is 0 Å². The second kappa shape index (κ2) is 51.4. The van der Waals surface area contributed by atoms with Crippen LogP contribution in [-0.2, 0) is 23.7 Å². The van der Waals surface area contributed by atoms with E-state index in [0.717, 1.165) is 51.4 Å². The van der Waals surface area contributed by atoms with Crippen LogP contribution in [0.3, 0.4) is 0 Å². The summed E-state index contributed by atoms with van der Waals surface area (Å²) < 4.78 is 22.9. The van der Waals surface area contributed by atoms with Gasteiger partial charge in [0.15, 0.2) is 12.6 Å². The maximum Gasteiger partial charge on any atom is 0.220 e. The first-order chi connectivity index (χ1) is 38.6. The smallest absolute Gasteiger partial charge is 0.220 e. The Balaban J connectivity index is 1.61. The van der Waals surface area contributed by atoms with Crippen LogP contribution in [-0.4, -0.2) is 140 Å². The zero-order chi connectivity index (χ0) is 57.4. The predicted octanol–water partition coefficient (Wildman–Crippen LogP) is 12.8. The fourth-order valence-corrected chi connectivity index (χ4v) is 11.7. The Hall–Kier alpha value is -1.01. The second-order valence-corrected chi connectivity index (χ2v) is 24.3. The van der Waals surface area contributed by atoms with E-state index >= 15 is 0 Å². The summed E-state index contributed by atoms with van der Waals surface area (Å²) in [6.07, 6.45) is 42.8. The number of nitrogens with one attached hydrogen (secondary N) is 1. The molecule has 14 nitrogen and oxygen atoms in total. The van der Waals surface area contributed by atoms with E-state index in [1.807, 2.05) is 0 Å². The van der Waals surface area contributed by atoms with Crippen molar-refractivity contribution in [1.29, 1.82) is 0 Å². The molecule has 0 spiro atoms. The Kier molecular flexibility index (Phi) is 48.2. The quantitative estimate of drug-likeness (QED) is 0.0259. The molecule has 2 aliphatic heterocycles. The zero-order valence-electron chi connectivity index (χ0n) is 50.9. The van der Waals surface area contributed by atoms with Crippen molar-refractivity contribution in [2.75, 3.05) is 19.8 Å². The minimum absolute atomic E-state index is 0.199. The first-order valence-electron chi connectivity index (χ1n) is 33.8. The molecule has 2 rings (SSSR count). The molecule has 12 unspecified atom stereocenters. The Morgan fingerprint density at radius 3 is 1.08 bits per heavy atom. The van der Waals surface area contributed by atoms with E-state index in [4.69, 9.17) is 18.9 Å². The number of rotatable bonds is 56. The number of aliphatic hydroxyl groups excluding tert-OH is 8. The highest BCUT2D eigenvalue weighted by molar-refractivity contribution is 5.76. The molecule has 0 aromatic carbocycles. The van der Waals surface area contributed by atoms with Gasteiger partial charge in [0.25, 0.3) is 0 Å². The van der Waals surface area contributed by atoms with Crippen molar-refractivity contribution >= 4 is 5.91 Å². The summed E-state index contributed by atoms with van der Waals surface area (Å²) in [7, 11) is 0. The van der Waals surface area contributed by atoms with Gasteiger partial charge in [-0.05, 0) is 12.8 Å². The third kappa shape index (κ3) is 36.4. The van der Waals surface area contributed by atoms with Gasteiger partial charge < -0.3 is 65.1 Å². The van der Waals surface area contributed by atoms with Crippen LogP contribution in [0.15, 0.2) is 0 Å². The van der Waals surface area contributed by atoms with Crippen LogP contribution in [0.4, 0.5) is 0 Å². The molecule has 470 valence electrons. The van der Waals surface area contributed by atoms with Gasteiger partial charge in [0, 0.05) is 6.42 Å². The fraction of sp³-hybridized carbons (Fsp3) is 0.985. The number of amides is 1. The molecule has 0 bridgehead atoms. The monoisotopic (exact) mass is 1130 g/mol. The Bertz CT molecular complexity index is 1330. The average Bonchev–Trinajstić information content (AvgIpc) is 3.55. The molecule has 0 aromatic heterocycles. The van der Waals surface area contributed by atoms with Crippen molar-refractivity contribution in [2.24, 2.45) is 0 Å². The molecule has 2 saturated heterocycles. The highest BCUT2D eigenvalue weighted by Crippen LogP contribution is 2.30. The van der Waals surface area contributed by atoms with Gasteiger partial charge in [0.1, 0.15) is 48.8 Å². The van der Waals surface area contributed by atoms with Crippen LogP contribution in [0.5, 0.6) is 0 Å². The highest BCUT2D eigenvalue weighted by atomic mass is 16.7. The number of hydrogen-bond donors (Lipinski definition) is 9. The van der Waals surface area contributed by atoms with E-state index in [-0.39, 0.29) is 12.5 Å². The highest BCUT2D eigenvalue weighted by Gasteiger charge is 2.51. The lowest BCUT2D eigenvalue weighted by molar-refractivity contribution is -0.359. The number of aliphatic hydroxyl groups is 8. The predicted molar refractivity (Wildman–Crippen MR) is 319 cm³/mol. The maximum atomic E-state index is 13.3. The first-order valence-corrected chi connectivity index (χ1v) is 33.8. The van der Waals surface area contributed by atoms with Gasteiger partial charge in [0.2, 0.25) is 5.91 Å². The number of unbranched alkanes of at least 4 members (excludes halogenated alkanes) is 43. The van der Waals surface area contributed by atoms with Crippen LogP contribution in [0.2, 0.25) is 0 Å². The van der Waals surface area contributed by atoms with Crippen LogP contribution < -0.4 is 5.32 Å². The number of carbonyl (C=O) groups is 1. The molecule has 2 fully saturated rings. The SMILES string of the molecule is CCCCCCCCCCCCCCCCCCCCCCCCCCCCCCCCCC(=O)NC(COC1OC(CO)C(OC2OC(CO)C(O)C(O)C2O)C(O)C1O)C(O)CCCCCCCCCCCCCCCC. The van der Waals surface area contributed by atoms with E-state index in [1.54, 1.807) is 0 Å². The van der Waals surface area contributed by atoms with Crippen molar-refractivity contribution in [3.63, 3.8) is 0 Å². The van der Waals surface area contributed by atoms with Crippen molar-refractivity contribution in [3.8, 4) is 0 Å². The standard InChI is InChI=1S/C65H127NO13/c1-3-5-7-9-11-13-15-17-19-20-21-22-23-24-25-26-27-28-29-30-31-32-33-34-35-37-39-41-43-45-47-49-57(70)66-53(54(69)48-46-44-42-40-38-36-18-16-14-12-10-8-6-4-2)52-76-64-62(75)60(73)63(56(51-68)78-64)79-65-61(74)59(72)58(71)55(50-67)77-65/h53-56,58-65,67-69,71-75H,3-52H2,1-2H3,(H,66,70). The van der Waals surface area contributed by atoms with Crippen molar-refractivity contribution in [3.05, 3.63) is 0 Å². The summed E-state index contributed by atoms with van der Waals surface area (Å²) >= 11 is 0. The van der Waals surface area contributed by atoms with Gasteiger partial charge in [-0.25, -0.2) is 0 Å². The van der Waals surface area contributed by atoms with Gasteiger partial charge in [-0.15, -0.1) is 0 Å². The maximum absolute atomic E-state index is 13.3.